The first-order valence-corrected chi connectivity index (χ1v) is 8.22. The van der Waals surface area contributed by atoms with Gasteiger partial charge < -0.3 is 10.6 Å². The van der Waals surface area contributed by atoms with Gasteiger partial charge in [0.2, 0.25) is 10.0 Å². The Morgan fingerprint density at radius 1 is 1.06 bits per heavy atom. The molecule has 0 saturated carbocycles. The SMILES string of the molecule is O=S(=O)(CCC1CCNCC1)NC1CCNC1. The van der Waals surface area contributed by atoms with Gasteiger partial charge in [-0.3, -0.25) is 0 Å². The summed E-state index contributed by atoms with van der Waals surface area (Å²) in [7, 11) is -3.07. The minimum Gasteiger partial charge on any atom is -0.317 e. The van der Waals surface area contributed by atoms with Gasteiger partial charge in [-0.2, -0.15) is 0 Å². The first-order chi connectivity index (χ1) is 8.16. The van der Waals surface area contributed by atoms with Crippen molar-refractivity contribution >= 4 is 10.0 Å². The van der Waals surface area contributed by atoms with Crippen molar-refractivity contribution in [3.8, 4) is 0 Å². The summed E-state index contributed by atoms with van der Waals surface area (Å²) < 4.78 is 26.5. The molecule has 0 aliphatic carbocycles. The maximum absolute atomic E-state index is 11.9. The van der Waals surface area contributed by atoms with Crippen LogP contribution in [0.25, 0.3) is 0 Å². The van der Waals surface area contributed by atoms with Crippen molar-refractivity contribution in [3.05, 3.63) is 0 Å². The quantitative estimate of drug-likeness (QED) is 0.633. The lowest BCUT2D eigenvalue weighted by Gasteiger charge is -2.22. The molecule has 100 valence electrons. The molecular weight excluding hydrogens is 238 g/mol. The normalized spacial score (nSPS) is 27.4. The van der Waals surface area contributed by atoms with Crippen LogP contribution in [0.5, 0.6) is 0 Å². The standard InChI is InChI=1S/C11H23N3O2S/c15-17(16,14-11-3-7-13-9-11)8-4-10-1-5-12-6-2-10/h10-14H,1-9H2. The first kappa shape index (κ1) is 13.3. The molecule has 1 atom stereocenters. The number of piperidine rings is 1. The summed E-state index contributed by atoms with van der Waals surface area (Å²) in [5, 5.41) is 6.46. The van der Waals surface area contributed by atoms with Crippen molar-refractivity contribution in [3.63, 3.8) is 0 Å². The monoisotopic (exact) mass is 261 g/mol. The Morgan fingerprint density at radius 2 is 1.76 bits per heavy atom. The lowest BCUT2D eigenvalue weighted by Crippen LogP contribution is -2.38. The molecule has 2 heterocycles. The van der Waals surface area contributed by atoms with Gasteiger partial charge in [-0.25, -0.2) is 13.1 Å². The molecule has 0 spiro atoms. The highest BCUT2D eigenvalue weighted by atomic mass is 32.2. The van der Waals surface area contributed by atoms with Crippen LogP contribution in [0.3, 0.4) is 0 Å². The van der Waals surface area contributed by atoms with E-state index in [1.807, 2.05) is 0 Å². The van der Waals surface area contributed by atoms with Gasteiger partial charge in [-0.15, -0.1) is 0 Å². The number of rotatable bonds is 5. The molecule has 0 aromatic rings. The van der Waals surface area contributed by atoms with Crippen LogP contribution < -0.4 is 15.4 Å². The summed E-state index contributed by atoms with van der Waals surface area (Å²) in [6.45, 7) is 3.75. The predicted octanol–water partition coefficient (Wildman–Crippen LogP) is -0.343. The van der Waals surface area contributed by atoms with Crippen molar-refractivity contribution in [2.75, 3.05) is 31.9 Å². The molecule has 2 aliphatic rings. The fourth-order valence-corrected chi connectivity index (χ4v) is 4.03. The zero-order valence-electron chi connectivity index (χ0n) is 10.2. The van der Waals surface area contributed by atoms with E-state index in [1.54, 1.807) is 0 Å². The van der Waals surface area contributed by atoms with Gasteiger partial charge in [-0.1, -0.05) is 0 Å². The zero-order valence-corrected chi connectivity index (χ0v) is 11.1. The summed E-state index contributed by atoms with van der Waals surface area (Å²) in [6.07, 6.45) is 3.94. The van der Waals surface area contributed by atoms with Crippen LogP contribution in [-0.2, 0) is 10.0 Å². The second-order valence-corrected chi connectivity index (χ2v) is 6.98. The smallest absolute Gasteiger partial charge is 0.211 e. The van der Waals surface area contributed by atoms with Crippen LogP contribution in [0.2, 0.25) is 0 Å². The highest BCUT2D eigenvalue weighted by Crippen LogP contribution is 2.16. The average molecular weight is 261 g/mol. The van der Waals surface area contributed by atoms with Crippen molar-refractivity contribution < 1.29 is 8.42 Å². The number of hydrogen-bond donors (Lipinski definition) is 3. The van der Waals surface area contributed by atoms with Gasteiger partial charge in [-0.05, 0) is 51.2 Å². The molecule has 6 heteroatoms. The van der Waals surface area contributed by atoms with Crippen LogP contribution in [0.1, 0.15) is 25.7 Å². The van der Waals surface area contributed by atoms with Crippen LogP contribution in [0.4, 0.5) is 0 Å². The van der Waals surface area contributed by atoms with E-state index in [2.05, 4.69) is 15.4 Å². The Labute approximate surface area is 104 Å². The molecule has 2 rings (SSSR count). The summed E-state index contributed by atoms with van der Waals surface area (Å²) in [4.78, 5) is 0. The molecule has 0 aromatic carbocycles. The van der Waals surface area contributed by atoms with Crippen molar-refractivity contribution in [1.29, 1.82) is 0 Å². The van der Waals surface area contributed by atoms with E-state index in [0.29, 0.717) is 5.92 Å². The van der Waals surface area contributed by atoms with Crippen LogP contribution in [0, 0.1) is 5.92 Å². The second kappa shape index (κ2) is 6.13. The number of sulfonamides is 1. The minimum absolute atomic E-state index is 0.105. The third kappa shape index (κ3) is 4.54. The third-order valence-electron chi connectivity index (χ3n) is 3.66. The Kier molecular flexibility index (Phi) is 4.78. The molecule has 2 saturated heterocycles. The molecule has 0 aromatic heterocycles. The molecule has 17 heavy (non-hydrogen) atoms. The molecular formula is C11H23N3O2S. The summed E-state index contributed by atoms with van der Waals surface area (Å²) in [5.41, 5.74) is 0. The second-order valence-electron chi connectivity index (χ2n) is 5.11. The van der Waals surface area contributed by atoms with Crippen LogP contribution in [-0.4, -0.2) is 46.4 Å². The fraction of sp³-hybridized carbons (Fsp3) is 1.00. The highest BCUT2D eigenvalue weighted by molar-refractivity contribution is 7.89. The molecule has 2 fully saturated rings. The highest BCUT2D eigenvalue weighted by Gasteiger charge is 2.22. The maximum Gasteiger partial charge on any atom is 0.211 e. The van der Waals surface area contributed by atoms with Crippen molar-refractivity contribution in [2.24, 2.45) is 5.92 Å². The molecule has 5 nitrogen and oxygen atoms in total. The molecule has 3 N–H and O–H groups in total. The minimum atomic E-state index is -3.07. The zero-order chi connectivity index (χ0) is 12.1. The van der Waals surface area contributed by atoms with E-state index in [-0.39, 0.29) is 11.8 Å². The van der Waals surface area contributed by atoms with Gasteiger partial charge in [0.25, 0.3) is 0 Å². The first-order valence-electron chi connectivity index (χ1n) is 6.57. The van der Waals surface area contributed by atoms with E-state index in [0.717, 1.165) is 51.9 Å². The maximum atomic E-state index is 11.9. The predicted molar refractivity (Wildman–Crippen MR) is 68.4 cm³/mol. The van der Waals surface area contributed by atoms with Gasteiger partial charge in [0.05, 0.1) is 5.75 Å². The molecule has 0 radical (unpaired) electrons. The lowest BCUT2D eigenvalue weighted by atomic mass is 9.96. The van der Waals surface area contributed by atoms with Gasteiger partial charge in [0.15, 0.2) is 0 Å². The third-order valence-corrected chi connectivity index (χ3v) is 5.13. The Morgan fingerprint density at radius 3 is 2.41 bits per heavy atom. The molecule has 0 amide bonds. The van der Waals surface area contributed by atoms with Crippen molar-refractivity contribution in [1.82, 2.24) is 15.4 Å². The van der Waals surface area contributed by atoms with E-state index < -0.39 is 10.0 Å². The number of nitrogens with one attached hydrogen (secondary N) is 3. The van der Waals surface area contributed by atoms with E-state index in [9.17, 15) is 8.42 Å². The Bertz CT molecular complexity index is 320. The van der Waals surface area contributed by atoms with Crippen LogP contribution in [0.15, 0.2) is 0 Å². The molecule has 1 unspecified atom stereocenters. The lowest BCUT2D eigenvalue weighted by molar-refractivity contribution is 0.365. The summed E-state index contributed by atoms with van der Waals surface area (Å²) in [6, 6.07) is 0.105. The average Bonchev–Trinajstić information content (AvgIpc) is 2.80. The fourth-order valence-electron chi connectivity index (χ4n) is 2.56. The van der Waals surface area contributed by atoms with E-state index in [4.69, 9.17) is 0 Å². The van der Waals surface area contributed by atoms with Gasteiger partial charge in [0.1, 0.15) is 0 Å². The Hall–Kier alpha value is -0.170. The van der Waals surface area contributed by atoms with Gasteiger partial charge in [0, 0.05) is 12.6 Å². The topological polar surface area (TPSA) is 70.2 Å². The van der Waals surface area contributed by atoms with Gasteiger partial charge >= 0.3 is 0 Å². The molecule has 0 bridgehead atoms. The largest absolute Gasteiger partial charge is 0.317 e. The number of hydrogen-bond acceptors (Lipinski definition) is 4. The van der Waals surface area contributed by atoms with E-state index >= 15 is 0 Å². The summed E-state index contributed by atoms with van der Waals surface area (Å²) in [5.74, 6) is 0.864. The molecule has 2 aliphatic heterocycles. The van der Waals surface area contributed by atoms with Crippen LogP contribution >= 0.6 is 0 Å². The van der Waals surface area contributed by atoms with E-state index in [1.165, 1.54) is 0 Å². The van der Waals surface area contributed by atoms with Crippen molar-refractivity contribution in [2.45, 2.75) is 31.7 Å². The Balaban J connectivity index is 1.72. The summed E-state index contributed by atoms with van der Waals surface area (Å²) >= 11 is 0.